The molecule has 1 aromatic carbocycles. The zero-order valence-electron chi connectivity index (χ0n) is 14.6. The SMILES string of the molecule is Cc1cccc(-c2cc(CCCN3CCOCC3)nc(N)n2)c1C. The molecule has 0 aliphatic carbocycles. The van der Waals surface area contributed by atoms with Crippen molar-refractivity contribution < 1.29 is 4.74 Å². The van der Waals surface area contributed by atoms with Gasteiger partial charge in [0.05, 0.1) is 18.9 Å². The maximum Gasteiger partial charge on any atom is 0.220 e. The van der Waals surface area contributed by atoms with Crippen molar-refractivity contribution in [2.24, 2.45) is 0 Å². The number of nitrogens with two attached hydrogens (primary N) is 1. The Hall–Kier alpha value is -1.98. The van der Waals surface area contributed by atoms with E-state index in [-0.39, 0.29) is 0 Å². The van der Waals surface area contributed by atoms with Gasteiger partial charge in [0.2, 0.25) is 5.95 Å². The number of benzene rings is 1. The summed E-state index contributed by atoms with van der Waals surface area (Å²) in [6.07, 6.45) is 1.99. The predicted molar refractivity (Wildman–Crippen MR) is 96.9 cm³/mol. The Morgan fingerprint density at radius 3 is 2.75 bits per heavy atom. The minimum atomic E-state index is 0.356. The summed E-state index contributed by atoms with van der Waals surface area (Å²) in [5.41, 5.74) is 11.5. The number of hydrogen-bond acceptors (Lipinski definition) is 5. The Kier molecular flexibility index (Phi) is 5.43. The highest BCUT2D eigenvalue weighted by Gasteiger charge is 2.11. The molecule has 1 fully saturated rings. The standard InChI is InChI=1S/C19H26N4O/c1-14-5-3-7-17(15(14)2)18-13-16(21-19(20)22-18)6-4-8-23-9-11-24-12-10-23/h3,5,7,13H,4,6,8-12H2,1-2H3,(H2,20,21,22). The van der Waals surface area contributed by atoms with Crippen LogP contribution in [0.2, 0.25) is 0 Å². The average molecular weight is 326 g/mol. The summed E-state index contributed by atoms with van der Waals surface area (Å²) in [5, 5.41) is 0. The highest BCUT2D eigenvalue weighted by atomic mass is 16.5. The first-order valence-corrected chi connectivity index (χ1v) is 8.63. The summed E-state index contributed by atoms with van der Waals surface area (Å²) in [5.74, 6) is 0.356. The fraction of sp³-hybridized carbons (Fsp3) is 0.474. The summed E-state index contributed by atoms with van der Waals surface area (Å²) >= 11 is 0. The van der Waals surface area contributed by atoms with Gasteiger partial charge in [0.1, 0.15) is 0 Å². The molecule has 128 valence electrons. The third kappa shape index (κ3) is 4.10. The van der Waals surface area contributed by atoms with Crippen LogP contribution in [0.3, 0.4) is 0 Å². The van der Waals surface area contributed by atoms with Gasteiger partial charge in [0.15, 0.2) is 0 Å². The normalized spacial score (nSPS) is 15.6. The summed E-state index contributed by atoms with van der Waals surface area (Å²) in [6, 6.07) is 8.36. The van der Waals surface area contributed by atoms with Crippen molar-refractivity contribution in [1.82, 2.24) is 14.9 Å². The molecule has 5 nitrogen and oxygen atoms in total. The van der Waals surface area contributed by atoms with Gasteiger partial charge in [-0.2, -0.15) is 0 Å². The van der Waals surface area contributed by atoms with E-state index >= 15 is 0 Å². The second-order valence-electron chi connectivity index (χ2n) is 6.41. The van der Waals surface area contributed by atoms with E-state index in [1.165, 1.54) is 11.1 Å². The molecule has 2 heterocycles. The molecule has 2 aromatic rings. The predicted octanol–water partition coefficient (Wildman–Crippen LogP) is 2.61. The monoisotopic (exact) mass is 326 g/mol. The molecule has 0 bridgehead atoms. The van der Waals surface area contributed by atoms with Crippen LogP contribution < -0.4 is 5.73 Å². The summed E-state index contributed by atoms with van der Waals surface area (Å²) in [7, 11) is 0. The van der Waals surface area contributed by atoms with Gasteiger partial charge in [0.25, 0.3) is 0 Å². The molecule has 1 aromatic heterocycles. The van der Waals surface area contributed by atoms with E-state index in [1.54, 1.807) is 0 Å². The van der Waals surface area contributed by atoms with Gasteiger partial charge in [-0.3, -0.25) is 4.90 Å². The molecule has 24 heavy (non-hydrogen) atoms. The Balaban J connectivity index is 1.70. The minimum Gasteiger partial charge on any atom is -0.379 e. The van der Waals surface area contributed by atoms with Crippen LogP contribution in [0.1, 0.15) is 23.2 Å². The smallest absolute Gasteiger partial charge is 0.220 e. The zero-order valence-corrected chi connectivity index (χ0v) is 14.6. The summed E-state index contributed by atoms with van der Waals surface area (Å²) < 4.78 is 5.39. The number of nitrogen functional groups attached to an aromatic ring is 1. The fourth-order valence-corrected chi connectivity index (χ4v) is 3.12. The molecule has 5 heteroatoms. The molecule has 2 N–H and O–H groups in total. The maximum atomic E-state index is 5.95. The molecule has 1 saturated heterocycles. The van der Waals surface area contributed by atoms with Crippen LogP contribution in [0.25, 0.3) is 11.3 Å². The lowest BCUT2D eigenvalue weighted by Gasteiger charge is -2.26. The van der Waals surface area contributed by atoms with Crippen molar-refractivity contribution in [2.75, 3.05) is 38.6 Å². The van der Waals surface area contributed by atoms with E-state index in [0.29, 0.717) is 5.95 Å². The lowest BCUT2D eigenvalue weighted by atomic mass is 10.00. The van der Waals surface area contributed by atoms with E-state index in [9.17, 15) is 0 Å². The molecule has 1 aliphatic rings. The first-order chi connectivity index (χ1) is 11.6. The second-order valence-corrected chi connectivity index (χ2v) is 6.41. The number of morpholine rings is 1. The van der Waals surface area contributed by atoms with Crippen LogP contribution in [0.5, 0.6) is 0 Å². The first kappa shape index (κ1) is 16.9. The number of aromatic nitrogens is 2. The Labute approximate surface area is 143 Å². The van der Waals surface area contributed by atoms with Crippen LogP contribution in [0.15, 0.2) is 24.3 Å². The highest BCUT2D eigenvalue weighted by Crippen LogP contribution is 2.25. The van der Waals surface area contributed by atoms with E-state index in [2.05, 4.69) is 53.0 Å². The molecular formula is C19H26N4O. The minimum absolute atomic E-state index is 0.356. The second kappa shape index (κ2) is 7.73. The number of hydrogen-bond donors (Lipinski definition) is 1. The number of ether oxygens (including phenoxy) is 1. The van der Waals surface area contributed by atoms with Crippen molar-refractivity contribution in [2.45, 2.75) is 26.7 Å². The first-order valence-electron chi connectivity index (χ1n) is 8.63. The van der Waals surface area contributed by atoms with Gasteiger partial charge >= 0.3 is 0 Å². The molecule has 1 aliphatic heterocycles. The lowest BCUT2D eigenvalue weighted by Crippen LogP contribution is -2.36. The van der Waals surface area contributed by atoms with Gasteiger partial charge in [-0.15, -0.1) is 0 Å². The number of anilines is 1. The molecule has 0 unspecified atom stereocenters. The number of aryl methyl sites for hydroxylation is 2. The molecule has 3 rings (SSSR count). The summed E-state index contributed by atoms with van der Waals surface area (Å²) in [6.45, 7) is 9.06. The van der Waals surface area contributed by atoms with Crippen LogP contribution in [-0.2, 0) is 11.2 Å². The van der Waals surface area contributed by atoms with Gasteiger partial charge in [-0.05, 0) is 50.4 Å². The number of rotatable bonds is 5. The van der Waals surface area contributed by atoms with E-state index in [0.717, 1.165) is 62.6 Å². The quantitative estimate of drug-likeness (QED) is 0.915. The van der Waals surface area contributed by atoms with Crippen LogP contribution in [0.4, 0.5) is 5.95 Å². The molecule has 0 saturated carbocycles. The third-order valence-corrected chi connectivity index (χ3v) is 4.69. The Morgan fingerprint density at radius 2 is 1.96 bits per heavy atom. The largest absolute Gasteiger partial charge is 0.379 e. The van der Waals surface area contributed by atoms with Gasteiger partial charge in [-0.1, -0.05) is 18.2 Å². The molecule has 0 amide bonds. The average Bonchev–Trinajstić information content (AvgIpc) is 2.58. The third-order valence-electron chi connectivity index (χ3n) is 4.69. The van der Waals surface area contributed by atoms with Crippen molar-refractivity contribution in [3.63, 3.8) is 0 Å². The highest BCUT2D eigenvalue weighted by molar-refractivity contribution is 5.66. The van der Waals surface area contributed by atoms with Crippen LogP contribution in [-0.4, -0.2) is 47.7 Å². The van der Waals surface area contributed by atoms with Gasteiger partial charge < -0.3 is 10.5 Å². The van der Waals surface area contributed by atoms with Crippen molar-refractivity contribution in [3.8, 4) is 11.3 Å². The molecule has 0 atom stereocenters. The number of nitrogens with zero attached hydrogens (tertiary/aromatic N) is 3. The van der Waals surface area contributed by atoms with E-state index < -0.39 is 0 Å². The Bertz CT molecular complexity index is 696. The van der Waals surface area contributed by atoms with Crippen LogP contribution >= 0.6 is 0 Å². The topological polar surface area (TPSA) is 64.3 Å². The maximum absolute atomic E-state index is 5.95. The summed E-state index contributed by atoms with van der Waals surface area (Å²) in [4.78, 5) is 11.3. The fourth-order valence-electron chi connectivity index (χ4n) is 3.12. The van der Waals surface area contributed by atoms with E-state index in [4.69, 9.17) is 10.5 Å². The lowest BCUT2D eigenvalue weighted by molar-refractivity contribution is 0.0374. The van der Waals surface area contributed by atoms with Crippen molar-refractivity contribution in [1.29, 1.82) is 0 Å². The molecule has 0 spiro atoms. The molecular weight excluding hydrogens is 300 g/mol. The Morgan fingerprint density at radius 1 is 1.17 bits per heavy atom. The van der Waals surface area contributed by atoms with Gasteiger partial charge in [0, 0.05) is 24.3 Å². The van der Waals surface area contributed by atoms with Crippen molar-refractivity contribution in [3.05, 3.63) is 41.1 Å². The van der Waals surface area contributed by atoms with Gasteiger partial charge in [-0.25, -0.2) is 9.97 Å². The van der Waals surface area contributed by atoms with Crippen LogP contribution in [0, 0.1) is 13.8 Å². The zero-order chi connectivity index (χ0) is 16.9. The van der Waals surface area contributed by atoms with E-state index in [1.807, 2.05) is 0 Å². The van der Waals surface area contributed by atoms with Crippen molar-refractivity contribution >= 4 is 5.95 Å². The molecule has 0 radical (unpaired) electrons.